The maximum absolute atomic E-state index is 11.3. The van der Waals surface area contributed by atoms with Crippen LogP contribution in [0.2, 0.25) is 0 Å². The van der Waals surface area contributed by atoms with Gasteiger partial charge in [-0.05, 0) is 41.2 Å². The van der Waals surface area contributed by atoms with E-state index < -0.39 is 0 Å². The van der Waals surface area contributed by atoms with Gasteiger partial charge in [-0.2, -0.15) is 0 Å². The molecule has 0 aliphatic heterocycles. The molecule has 0 amide bonds. The molecule has 2 aromatic carbocycles. The van der Waals surface area contributed by atoms with Crippen molar-refractivity contribution in [3.8, 4) is 0 Å². The second kappa shape index (κ2) is 5.94. The molecule has 2 heteroatoms. The maximum Gasteiger partial charge on any atom is 0.153 e. The Kier molecular flexibility index (Phi) is 3.84. The molecule has 2 aromatic rings. The minimum absolute atomic E-state index is 0.196. The molecule has 2 nitrogen and oxygen atoms in total. The predicted molar refractivity (Wildman–Crippen MR) is 88.4 cm³/mol. The van der Waals surface area contributed by atoms with Gasteiger partial charge >= 0.3 is 0 Å². The molecule has 0 radical (unpaired) electrons. The van der Waals surface area contributed by atoms with E-state index in [0.717, 1.165) is 28.7 Å². The lowest BCUT2D eigenvalue weighted by atomic mass is 9.92. The van der Waals surface area contributed by atoms with Crippen LogP contribution >= 0.6 is 0 Å². The average Bonchev–Trinajstić information content (AvgIpc) is 2.95. The molecule has 1 aliphatic carbocycles. The second-order valence-electron chi connectivity index (χ2n) is 5.48. The number of hydrogen-bond donors (Lipinski definition) is 0. The van der Waals surface area contributed by atoms with Crippen molar-refractivity contribution in [2.24, 2.45) is 0 Å². The van der Waals surface area contributed by atoms with Crippen LogP contribution in [0.3, 0.4) is 0 Å². The highest BCUT2D eigenvalue weighted by Crippen LogP contribution is 2.35. The molecule has 0 fully saturated rings. The van der Waals surface area contributed by atoms with Gasteiger partial charge in [0.15, 0.2) is 12.6 Å². The Labute approximate surface area is 129 Å². The third-order valence-electron chi connectivity index (χ3n) is 3.94. The zero-order valence-corrected chi connectivity index (χ0v) is 12.4. The van der Waals surface area contributed by atoms with Crippen LogP contribution in [-0.4, -0.2) is 12.6 Å². The fourth-order valence-corrected chi connectivity index (χ4v) is 2.92. The van der Waals surface area contributed by atoms with E-state index in [1.807, 2.05) is 30.3 Å². The summed E-state index contributed by atoms with van der Waals surface area (Å²) >= 11 is 0. The van der Waals surface area contributed by atoms with Crippen molar-refractivity contribution in [3.05, 3.63) is 81.9 Å². The molecule has 0 saturated carbocycles. The van der Waals surface area contributed by atoms with Gasteiger partial charge in [-0.3, -0.25) is 9.59 Å². The number of allylic oxidation sites excluding steroid dienone is 3. The van der Waals surface area contributed by atoms with E-state index >= 15 is 0 Å². The number of aryl methyl sites for hydroxylation is 1. The van der Waals surface area contributed by atoms with Crippen molar-refractivity contribution in [3.63, 3.8) is 0 Å². The molecule has 0 N–H and O–H groups in total. The van der Waals surface area contributed by atoms with Gasteiger partial charge in [-0.25, -0.2) is 0 Å². The zero-order chi connectivity index (χ0) is 15.5. The Morgan fingerprint density at radius 2 is 1.73 bits per heavy atom. The lowest BCUT2D eigenvalue weighted by molar-refractivity contribution is -0.109. The molecule has 0 atom stereocenters. The van der Waals surface area contributed by atoms with Gasteiger partial charge in [0.05, 0.1) is 5.57 Å². The topological polar surface area (TPSA) is 34.1 Å². The van der Waals surface area contributed by atoms with Crippen molar-refractivity contribution in [2.75, 3.05) is 0 Å². The number of rotatable bonds is 4. The smallest absolute Gasteiger partial charge is 0.153 e. The van der Waals surface area contributed by atoms with Gasteiger partial charge in [0.25, 0.3) is 0 Å². The van der Waals surface area contributed by atoms with Crippen LogP contribution in [0.15, 0.2) is 59.7 Å². The van der Waals surface area contributed by atoms with Gasteiger partial charge < -0.3 is 0 Å². The van der Waals surface area contributed by atoms with Crippen LogP contribution in [0.1, 0.15) is 22.3 Å². The lowest BCUT2D eigenvalue weighted by Gasteiger charge is -2.10. The first-order valence-corrected chi connectivity index (χ1v) is 7.23. The summed E-state index contributed by atoms with van der Waals surface area (Å²) in [5.41, 5.74) is 6.45. The van der Waals surface area contributed by atoms with E-state index in [4.69, 9.17) is 0 Å². The van der Waals surface area contributed by atoms with Crippen molar-refractivity contribution in [1.82, 2.24) is 0 Å². The Bertz CT molecular complexity index is 786. The number of hydrogen-bond acceptors (Lipinski definition) is 2. The summed E-state index contributed by atoms with van der Waals surface area (Å²) in [5, 5.41) is 0. The van der Waals surface area contributed by atoms with E-state index in [9.17, 15) is 9.59 Å². The number of carbonyl (C=O) groups is 2. The van der Waals surface area contributed by atoms with Crippen molar-refractivity contribution >= 4 is 24.2 Å². The molecule has 0 unspecified atom stereocenters. The molecule has 0 bridgehead atoms. The fraction of sp³-hybridized carbons (Fsp3) is 0.100. The molecule has 0 saturated heterocycles. The average molecular weight is 288 g/mol. The molecular weight excluding hydrogens is 272 g/mol. The molecule has 22 heavy (non-hydrogen) atoms. The highest BCUT2D eigenvalue weighted by Gasteiger charge is 2.20. The molecular formula is C20H16O2. The summed E-state index contributed by atoms with van der Waals surface area (Å²) in [6.45, 7) is 2.06. The lowest BCUT2D eigenvalue weighted by Crippen LogP contribution is -1.99. The van der Waals surface area contributed by atoms with Crippen LogP contribution in [-0.2, 0) is 16.0 Å². The fourth-order valence-electron chi connectivity index (χ4n) is 2.92. The number of aldehydes is 2. The van der Waals surface area contributed by atoms with Crippen LogP contribution in [0.5, 0.6) is 0 Å². The summed E-state index contributed by atoms with van der Waals surface area (Å²) in [6.07, 6.45) is 4.10. The normalized spacial score (nSPS) is 12.3. The third-order valence-corrected chi connectivity index (χ3v) is 3.94. The highest BCUT2D eigenvalue weighted by atomic mass is 16.1. The van der Waals surface area contributed by atoms with Crippen LogP contribution in [0.4, 0.5) is 0 Å². The van der Waals surface area contributed by atoms with E-state index in [1.165, 1.54) is 11.1 Å². The van der Waals surface area contributed by atoms with Gasteiger partial charge in [0.1, 0.15) is 0 Å². The molecule has 108 valence electrons. The van der Waals surface area contributed by atoms with Crippen LogP contribution in [0.25, 0.3) is 11.6 Å². The van der Waals surface area contributed by atoms with Crippen LogP contribution < -0.4 is 0 Å². The first-order valence-electron chi connectivity index (χ1n) is 7.23. The first kappa shape index (κ1) is 14.2. The van der Waals surface area contributed by atoms with Gasteiger partial charge in [0, 0.05) is 0 Å². The predicted octanol–water partition coefficient (Wildman–Crippen LogP) is 3.79. The minimum atomic E-state index is 0.196. The Hall–Kier alpha value is -2.74. The van der Waals surface area contributed by atoms with Crippen molar-refractivity contribution < 1.29 is 9.59 Å². The summed E-state index contributed by atoms with van der Waals surface area (Å²) in [6, 6.07) is 15.9. The summed E-state index contributed by atoms with van der Waals surface area (Å²) in [7, 11) is 0. The zero-order valence-electron chi connectivity index (χ0n) is 12.4. The standard InChI is InChI=1S/C20H16O2/c1-14-7-8-16-10-18(11-17(16)9-14)20(19(12-21)13-22)15-5-3-2-4-6-15/h2-10,12-13H,11H2,1H3. The quantitative estimate of drug-likeness (QED) is 0.371. The third kappa shape index (κ3) is 2.56. The molecule has 0 aromatic heterocycles. The Morgan fingerprint density at radius 1 is 1.00 bits per heavy atom. The summed E-state index contributed by atoms with van der Waals surface area (Å²) < 4.78 is 0. The number of carbonyl (C=O) groups excluding carboxylic acids is 2. The van der Waals surface area contributed by atoms with Crippen molar-refractivity contribution in [1.29, 1.82) is 0 Å². The SMILES string of the molecule is Cc1ccc2c(c1)CC(C(=C(C=O)C=O)c1ccccc1)=C2. The summed E-state index contributed by atoms with van der Waals surface area (Å²) in [5.74, 6) is 0. The van der Waals surface area contributed by atoms with E-state index in [2.05, 4.69) is 31.2 Å². The largest absolute Gasteiger partial charge is 0.298 e. The van der Waals surface area contributed by atoms with Gasteiger partial charge in [-0.15, -0.1) is 0 Å². The Balaban J connectivity index is 2.12. The molecule has 1 aliphatic rings. The van der Waals surface area contributed by atoms with E-state index in [1.54, 1.807) is 0 Å². The first-order chi connectivity index (χ1) is 10.7. The van der Waals surface area contributed by atoms with Gasteiger partial charge in [-0.1, -0.05) is 60.2 Å². The maximum atomic E-state index is 11.3. The van der Waals surface area contributed by atoms with Gasteiger partial charge in [0.2, 0.25) is 0 Å². The number of benzene rings is 2. The monoisotopic (exact) mass is 288 g/mol. The van der Waals surface area contributed by atoms with Crippen molar-refractivity contribution in [2.45, 2.75) is 13.3 Å². The molecule has 0 heterocycles. The van der Waals surface area contributed by atoms with E-state index in [0.29, 0.717) is 12.6 Å². The summed E-state index contributed by atoms with van der Waals surface area (Å²) in [4.78, 5) is 22.6. The molecule has 0 spiro atoms. The molecule has 3 rings (SSSR count). The van der Waals surface area contributed by atoms with Crippen LogP contribution in [0, 0.1) is 6.92 Å². The highest BCUT2D eigenvalue weighted by molar-refractivity contribution is 6.12. The minimum Gasteiger partial charge on any atom is -0.298 e. The Morgan fingerprint density at radius 3 is 2.41 bits per heavy atom. The van der Waals surface area contributed by atoms with E-state index in [-0.39, 0.29) is 5.57 Å². The number of fused-ring (bicyclic) bond motifs is 1. The second-order valence-corrected chi connectivity index (χ2v) is 5.48.